The average Bonchev–Trinajstić information content (AvgIpc) is 3.18. The monoisotopic (exact) mass is 540 g/mol. The van der Waals surface area contributed by atoms with Crippen LogP contribution in [0.1, 0.15) is 11.1 Å². The lowest BCUT2D eigenvalue weighted by molar-refractivity contribution is 0.471. The van der Waals surface area contributed by atoms with E-state index < -0.39 is 0 Å². The number of nitrogens with zero attached hydrogens (tertiary/aromatic N) is 4. The first-order valence-corrected chi connectivity index (χ1v) is 10.7. The first kappa shape index (κ1) is 21.1. The number of aromatic hydroxyl groups is 1. The molecule has 1 N–H and O–H groups in total. The number of phenols is 1. The fraction of sp³-hybridized carbons (Fsp3) is 0. The van der Waals surface area contributed by atoms with E-state index in [0.29, 0.717) is 21.7 Å². The molecule has 0 saturated heterocycles. The first-order chi connectivity index (χ1) is 15.0. The Morgan fingerprint density at radius 2 is 1.71 bits per heavy atom. The molecule has 1 heterocycles. The molecule has 3 aromatic carbocycles. The van der Waals surface area contributed by atoms with Crippen LogP contribution in [0.2, 0.25) is 0 Å². The molecule has 4 rings (SSSR count). The maximum absolute atomic E-state index is 13.2. The lowest BCUT2D eigenvalue weighted by Gasteiger charge is -2.02. The SMILES string of the molecule is Oc1c(Br)cc(Br)cc1C=Nc1nc(-c2ccccc2)cn1/N=C\c1ccc(F)cc1. The van der Waals surface area contributed by atoms with Crippen molar-refractivity contribution >= 4 is 50.2 Å². The fourth-order valence-electron chi connectivity index (χ4n) is 2.77. The second-order valence-electron chi connectivity index (χ2n) is 6.52. The van der Waals surface area contributed by atoms with E-state index in [1.54, 1.807) is 36.7 Å². The lowest BCUT2D eigenvalue weighted by atomic mass is 10.2. The number of halogens is 3. The molecule has 0 bridgehead atoms. The molecule has 0 unspecified atom stereocenters. The van der Waals surface area contributed by atoms with Gasteiger partial charge in [-0.25, -0.2) is 19.0 Å². The maximum atomic E-state index is 13.2. The number of imidazole rings is 1. The van der Waals surface area contributed by atoms with Crippen molar-refractivity contribution in [2.75, 3.05) is 0 Å². The van der Waals surface area contributed by atoms with Gasteiger partial charge in [-0.05, 0) is 45.8 Å². The Labute approximate surface area is 194 Å². The van der Waals surface area contributed by atoms with Gasteiger partial charge in [0.15, 0.2) is 0 Å². The largest absolute Gasteiger partial charge is 0.506 e. The molecule has 0 aliphatic carbocycles. The third-order valence-electron chi connectivity index (χ3n) is 4.32. The molecule has 154 valence electrons. The molecule has 1 aromatic heterocycles. The average molecular weight is 542 g/mol. The minimum absolute atomic E-state index is 0.0724. The highest BCUT2D eigenvalue weighted by atomic mass is 79.9. The topological polar surface area (TPSA) is 62.8 Å². The predicted molar refractivity (Wildman–Crippen MR) is 128 cm³/mol. The third-order valence-corrected chi connectivity index (χ3v) is 5.38. The van der Waals surface area contributed by atoms with E-state index in [-0.39, 0.29) is 11.6 Å². The lowest BCUT2D eigenvalue weighted by Crippen LogP contribution is -1.90. The van der Waals surface area contributed by atoms with Crippen LogP contribution in [-0.4, -0.2) is 27.2 Å². The second-order valence-corrected chi connectivity index (χ2v) is 8.29. The Balaban J connectivity index is 1.73. The van der Waals surface area contributed by atoms with Gasteiger partial charge in [0.25, 0.3) is 5.95 Å². The van der Waals surface area contributed by atoms with Gasteiger partial charge < -0.3 is 5.11 Å². The number of phenolic OH excluding ortho intramolecular Hbond substituents is 1. The van der Waals surface area contributed by atoms with E-state index in [2.05, 4.69) is 46.9 Å². The summed E-state index contributed by atoms with van der Waals surface area (Å²) in [6.07, 6.45) is 4.88. The number of hydrogen-bond donors (Lipinski definition) is 1. The molecule has 0 saturated carbocycles. The fourth-order valence-corrected chi connectivity index (χ4v) is 4.03. The van der Waals surface area contributed by atoms with Crippen molar-refractivity contribution in [3.8, 4) is 17.0 Å². The zero-order valence-corrected chi connectivity index (χ0v) is 19.1. The van der Waals surface area contributed by atoms with Gasteiger partial charge in [-0.1, -0.05) is 58.4 Å². The van der Waals surface area contributed by atoms with Crippen LogP contribution < -0.4 is 0 Å². The molecule has 5 nitrogen and oxygen atoms in total. The minimum atomic E-state index is -0.309. The van der Waals surface area contributed by atoms with E-state index in [9.17, 15) is 9.50 Å². The molecule has 0 aliphatic heterocycles. The van der Waals surface area contributed by atoms with Crippen LogP contribution in [0.5, 0.6) is 5.75 Å². The van der Waals surface area contributed by atoms with E-state index in [1.165, 1.54) is 23.0 Å². The van der Waals surface area contributed by atoms with Gasteiger partial charge in [0.05, 0.1) is 22.6 Å². The smallest absolute Gasteiger partial charge is 0.251 e. The summed E-state index contributed by atoms with van der Waals surface area (Å²) >= 11 is 6.72. The van der Waals surface area contributed by atoms with E-state index in [0.717, 1.165) is 15.6 Å². The molecule has 0 radical (unpaired) electrons. The van der Waals surface area contributed by atoms with E-state index in [4.69, 9.17) is 0 Å². The number of aromatic nitrogens is 2. The summed E-state index contributed by atoms with van der Waals surface area (Å²) in [4.78, 5) is 9.03. The van der Waals surface area contributed by atoms with Gasteiger partial charge in [-0.15, -0.1) is 0 Å². The van der Waals surface area contributed by atoms with Gasteiger partial charge in [-0.3, -0.25) is 0 Å². The van der Waals surface area contributed by atoms with Crippen molar-refractivity contribution in [3.05, 3.63) is 98.8 Å². The molecular formula is C23H15Br2FN4O. The van der Waals surface area contributed by atoms with Crippen LogP contribution in [-0.2, 0) is 0 Å². The van der Waals surface area contributed by atoms with Crippen LogP contribution in [0.3, 0.4) is 0 Å². The van der Waals surface area contributed by atoms with Crippen molar-refractivity contribution in [1.82, 2.24) is 9.66 Å². The van der Waals surface area contributed by atoms with Crippen molar-refractivity contribution in [1.29, 1.82) is 0 Å². The minimum Gasteiger partial charge on any atom is -0.506 e. The van der Waals surface area contributed by atoms with Gasteiger partial charge in [-0.2, -0.15) is 5.10 Å². The summed E-state index contributed by atoms with van der Waals surface area (Å²) < 4.78 is 16.0. The van der Waals surface area contributed by atoms with Crippen molar-refractivity contribution in [2.45, 2.75) is 0 Å². The van der Waals surface area contributed by atoms with Gasteiger partial charge in [0, 0.05) is 21.8 Å². The normalized spacial score (nSPS) is 11.6. The first-order valence-electron chi connectivity index (χ1n) is 9.16. The standard InChI is InChI=1S/C23H15Br2FN4O/c24-18-10-17(22(31)20(25)11-18)13-27-23-29-21(16-4-2-1-3-5-16)14-30(23)28-12-15-6-8-19(26)9-7-15/h1-14,31H/b27-13?,28-12-. The Bertz CT molecular complexity index is 1270. The molecular weight excluding hydrogens is 527 g/mol. The Morgan fingerprint density at radius 1 is 0.968 bits per heavy atom. The van der Waals surface area contributed by atoms with Crippen molar-refractivity contribution < 1.29 is 9.50 Å². The molecule has 0 fully saturated rings. The zero-order chi connectivity index (χ0) is 21.8. The Hall–Kier alpha value is -3.10. The summed E-state index contributed by atoms with van der Waals surface area (Å²) in [5.41, 5.74) is 2.87. The quantitative estimate of drug-likeness (QED) is 0.291. The molecule has 0 atom stereocenters. The summed E-state index contributed by atoms with van der Waals surface area (Å²) in [7, 11) is 0. The van der Waals surface area contributed by atoms with Crippen molar-refractivity contribution in [2.24, 2.45) is 10.1 Å². The second kappa shape index (κ2) is 9.36. The van der Waals surface area contributed by atoms with Gasteiger partial charge in [0.1, 0.15) is 11.6 Å². The summed E-state index contributed by atoms with van der Waals surface area (Å²) in [5.74, 6) is 0.0901. The third kappa shape index (κ3) is 5.15. The number of hydrogen-bond acceptors (Lipinski definition) is 4. The predicted octanol–water partition coefficient (Wildman–Crippen LogP) is 6.55. The molecule has 0 amide bonds. The summed E-state index contributed by atoms with van der Waals surface area (Å²) in [6, 6.07) is 19.2. The maximum Gasteiger partial charge on any atom is 0.251 e. The Kier molecular flexibility index (Phi) is 6.39. The van der Waals surface area contributed by atoms with E-state index in [1.807, 2.05) is 30.3 Å². The molecule has 0 aliphatic rings. The summed E-state index contributed by atoms with van der Waals surface area (Å²) in [6.45, 7) is 0. The van der Waals surface area contributed by atoms with Crippen LogP contribution >= 0.6 is 31.9 Å². The number of rotatable bonds is 5. The molecule has 0 spiro atoms. The Morgan fingerprint density at radius 3 is 2.45 bits per heavy atom. The number of benzene rings is 3. The van der Waals surface area contributed by atoms with E-state index >= 15 is 0 Å². The summed E-state index contributed by atoms with van der Waals surface area (Å²) in [5, 5.41) is 14.7. The van der Waals surface area contributed by atoms with Gasteiger partial charge >= 0.3 is 0 Å². The highest BCUT2D eigenvalue weighted by Gasteiger charge is 2.10. The molecule has 8 heteroatoms. The highest BCUT2D eigenvalue weighted by molar-refractivity contribution is 9.11. The van der Waals surface area contributed by atoms with Gasteiger partial charge in [0.2, 0.25) is 0 Å². The van der Waals surface area contributed by atoms with Crippen LogP contribution in [0.4, 0.5) is 10.3 Å². The van der Waals surface area contributed by atoms with Crippen molar-refractivity contribution in [3.63, 3.8) is 0 Å². The highest BCUT2D eigenvalue weighted by Crippen LogP contribution is 2.31. The van der Waals surface area contributed by atoms with Crippen LogP contribution in [0.25, 0.3) is 11.3 Å². The molecule has 31 heavy (non-hydrogen) atoms. The zero-order valence-electron chi connectivity index (χ0n) is 16.0. The number of aliphatic imine (C=N–C) groups is 1. The molecule has 4 aromatic rings. The van der Waals surface area contributed by atoms with Crippen LogP contribution in [0.15, 0.2) is 92.0 Å². The van der Waals surface area contributed by atoms with Crippen LogP contribution in [0, 0.1) is 5.82 Å².